The molecule has 0 radical (unpaired) electrons. The van der Waals surface area contributed by atoms with Crippen LogP contribution in [-0.4, -0.2) is 36.4 Å². The summed E-state index contributed by atoms with van der Waals surface area (Å²) >= 11 is 0. The minimum absolute atomic E-state index is 0.0585. The van der Waals surface area contributed by atoms with Gasteiger partial charge in [0.05, 0.1) is 0 Å². The maximum atomic E-state index is 12.5. The van der Waals surface area contributed by atoms with Crippen LogP contribution in [0, 0.1) is 6.92 Å². The minimum atomic E-state index is -0.419. The fourth-order valence-corrected chi connectivity index (χ4v) is 2.46. The number of nitrogens with zero attached hydrogens (tertiary/aromatic N) is 1. The van der Waals surface area contributed by atoms with Crippen molar-refractivity contribution in [3.8, 4) is 5.75 Å². The molecule has 0 bridgehead atoms. The molecule has 0 saturated heterocycles. The molecular weight excluding hydrogens is 316 g/mol. The molecule has 2 amide bonds. The largest absolute Gasteiger partial charge is 0.484 e. The molecule has 5 nitrogen and oxygen atoms in total. The Kier molecular flexibility index (Phi) is 7.01. The van der Waals surface area contributed by atoms with Gasteiger partial charge in [-0.25, -0.2) is 0 Å². The molecule has 2 aromatic carbocycles. The second kappa shape index (κ2) is 9.47. The fourth-order valence-electron chi connectivity index (χ4n) is 2.46. The maximum Gasteiger partial charge on any atom is 0.260 e. The van der Waals surface area contributed by atoms with Crippen molar-refractivity contribution < 1.29 is 14.3 Å². The zero-order valence-corrected chi connectivity index (χ0v) is 14.5. The Bertz CT molecular complexity index is 701. The molecule has 2 N–H and O–H groups in total. The van der Waals surface area contributed by atoms with E-state index in [0.717, 1.165) is 17.5 Å². The van der Waals surface area contributed by atoms with E-state index in [4.69, 9.17) is 10.5 Å². The van der Waals surface area contributed by atoms with Crippen LogP contribution in [0.3, 0.4) is 0 Å². The SMILES string of the molecule is Cc1cccc(OCC(=O)N(CCC(N)=O)CCc2ccccc2)c1. The lowest BCUT2D eigenvalue weighted by molar-refractivity contribution is -0.133. The van der Waals surface area contributed by atoms with E-state index in [9.17, 15) is 9.59 Å². The Morgan fingerprint density at radius 1 is 1.04 bits per heavy atom. The van der Waals surface area contributed by atoms with Crippen LogP contribution in [0.2, 0.25) is 0 Å². The summed E-state index contributed by atoms with van der Waals surface area (Å²) in [6.45, 7) is 2.73. The predicted molar refractivity (Wildman–Crippen MR) is 97.2 cm³/mol. The lowest BCUT2D eigenvalue weighted by Gasteiger charge is -2.22. The topological polar surface area (TPSA) is 72.6 Å². The zero-order chi connectivity index (χ0) is 18.1. The van der Waals surface area contributed by atoms with E-state index in [1.54, 1.807) is 4.90 Å². The Morgan fingerprint density at radius 2 is 1.80 bits per heavy atom. The van der Waals surface area contributed by atoms with Crippen LogP contribution in [0.1, 0.15) is 17.5 Å². The summed E-state index contributed by atoms with van der Waals surface area (Å²) in [5, 5.41) is 0. The third-order valence-electron chi connectivity index (χ3n) is 3.85. The minimum Gasteiger partial charge on any atom is -0.484 e. The van der Waals surface area contributed by atoms with E-state index in [0.29, 0.717) is 18.8 Å². The van der Waals surface area contributed by atoms with Gasteiger partial charge in [0, 0.05) is 19.5 Å². The predicted octanol–water partition coefficient (Wildman–Crippen LogP) is 2.32. The van der Waals surface area contributed by atoms with Crippen molar-refractivity contribution in [2.75, 3.05) is 19.7 Å². The molecule has 0 unspecified atom stereocenters. The van der Waals surface area contributed by atoms with E-state index in [1.165, 1.54) is 0 Å². The van der Waals surface area contributed by atoms with Crippen molar-refractivity contribution >= 4 is 11.8 Å². The van der Waals surface area contributed by atoms with Crippen molar-refractivity contribution in [2.45, 2.75) is 19.8 Å². The number of amides is 2. The van der Waals surface area contributed by atoms with Gasteiger partial charge in [0.15, 0.2) is 6.61 Å². The van der Waals surface area contributed by atoms with Crippen LogP contribution in [0.15, 0.2) is 54.6 Å². The van der Waals surface area contributed by atoms with Crippen LogP contribution >= 0.6 is 0 Å². The number of nitrogens with two attached hydrogens (primary N) is 1. The van der Waals surface area contributed by atoms with Gasteiger partial charge in [-0.05, 0) is 36.6 Å². The summed E-state index contributed by atoms with van der Waals surface area (Å²) in [6, 6.07) is 17.5. The third-order valence-corrected chi connectivity index (χ3v) is 3.85. The smallest absolute Gasteiger partial charge is 0.260 e. The van der Waals surface area contributed by atoms with Gasteiger partial charge in [-0.1, -0.05) is 42.5 Å². The Labute approximate surface area is 148 Å². The molecular formula is C20H24N2O3. The van der Waals surface area contributed by atoms with Gasteiger partial charge in [-0.15, -0.1) is 0 Å². The number of rotatable bonds is 9. The van der Waals surface area contributed by atoms with Crippen molar-refractivity contribution in [2.24, 2.45) is 5.73 Å². The first-order valence-electron chi connectivity index (χ1n) is 8.34. The van der Waals surface area contributed by atoms with E-state index in [-0.39, 0.29) is 18.9 Å². The van der Waals surface area contributed by atoms with Crippen molar-refractivity contribution in [1.29, 1.82) is 0 Å². The number of carbonyl (C=O) groups excluding carboxylic acids is 2. The zero-order valence-electron chi connectivity index (χ0n) is 14.5. The highest BCUT2D eigenvalue weighted by Crippen LogP contribution is 2.12. The number of hydrogen-bond acceptors (Lipinski definition) is 3. The Balaban J connectivity index is 1.93. The van der Waals surface area contributed by atoms with Gasteiger partial charge in [-0.3, -0.25) is 9.59 Å². The molecule has 0 spiro atoms. The summed E-state index contributed by atoms with van der Waals surface area (Å²) in [6.07, 6.45) is 0.862. The molecule has 0 aromatic heterocycles. The highest BCUT2D eigenvalue weighted by Gasteiger charge is 2.15. The van der Waals surface area contributed by atoms with E-state index < -0.39 is 5.91 Å². The molecule has 25 heavy (non-hydrogen) atoms. The van der Waals surface area contributed by atoms with E-state index in [1.807, 2.05) is 61.5 Å². The van der Waals surface area contributed by atoms with Crippen LogP contribution in [0.25, 0.3) is 0 Å². The fraction of sp³-hybridized carbons (Fsp3) is 0.300. The quantitative estimate of drug-likeness (QED) is 0.761. The molecule has 0 atom stereocenters. The molecule has 0 aliphatic heterocycles. The van der Waals surface area contributed by atoms with Crippen molar-refractivity contribution in [3.05, 3.63) is 65.7 Å². The van der Waals surface area contributed by atoms with Gasteiger partial charge >= 0.3 is 0 Å². The van der Waals surface area contributed by atoms with E-state index in [2.05, 4.69) is 0 Å². The summed E-state index contributed by atoms with van der Waals surface area (Å²) in [7, 11) is 0. The summed E-state index contributed by atoms with van der Waals surface area (Å²) < 4.78 is 5.58. The highest BCUT2D eigenvalue weighted by molar-refractivity contribution is 5.79. The number of carbonyl (C=O) groups is 2. The molecule has 132 valence electrons. The molecule has 0 saturated carbocycles. The second-order valence-electron chi connectivity index (χ2n) is 5.94. The molecule has 0 aliphatic rings. The third kappa shape index (κ3) is 6.67. The molecule has 2 aromatic rings. The summed E-state index contributed by atoms with van der Waals surface area (Å²) in [5.41, 5.74) is 7.43. The molecule has 0 aliphatic carbocycles. The van der Waals surface area contributed by atoms with Crippen LogP contribution in [-0.2, 0) is 16.0 Å². The first kappa shape index (κ1) is 18.5. The number of hydrogen-bond donors (Lipinski definition) is 1. The standard InChI is InChI=1S/C20H24N2O3/c1-16-6-5-9-18(14-16)25-15-20(24)22(13-11-19(21)23)12-10-17-7-3-2-4-8-17/h2-9,14H,10-13,15H2,1H3,(H2,21,23). The average Bonchev–Trinajstić information content (AvgIpc) is 2.60. The van der Waals surface area contributed by atoms with Gasteiger partial charge in [-0.2, -0.15) is 0 Å². The second-order valence-corrected chi connectivity index (χ2v) is 5.94. The van der Waals surface area contributed by atoms with Gasteiger partial charge in [0.1, 0.15) is 5.75 Å². The van der Waals surface area contributed by atoms with Crippen LogP contribution in [0.4, 0.5) is 0 Å². The van der Waals surface area contributed by atoms with E-state index >= 15 is 0 Å². The molecule has 2 rings (SSSR count). The Hall–Kier alpha value is -2.82. The van der Waals surface area contributed by atoms with Crippen LogP contribution in [0.5, 0.6) is 5.75 Å². The molecule has 5 heteroatoms. The van der Waals surface area contributed by atoms with Gasteiger partial charge < -0.3 is 15.4 Å². The van der Waals surface area contributed by atoms with Gasteiger partial charge in [0.2, 0.25) is 5.91 Å². The molecule has 0 fully saturated rings. The first-order chi connectivity index (χ1) is 12.0. The monoisotopic (exact) mass is 340 g/mol. The summed E-state index contributed by atoms with van der Waals surface area (Å²) in [5.74, 6) is 0.0852. The lowest BCUT2D eigenvalue weighted by atomic mass is 10.1. The highest BCUT2D eigenvalue weighted by atomic mass is 16.5. The number of ether oxygens (including phenoxy) is 1. The van der Waals surface area contributed by atoms with Crippen LogP contribution < -0.4 is 10.5 Å². The number of benzene rings is 2. The molecule has 0 heterocycles. The normalized spacial score (nSPS) is 10.3. The summed E-state index contributed by atoms with van der Waals surface area (Å²) in [4.78, 5) is 25.2. The average molecular weight is 340 g/mol. The number of primary amides is 1. The van der Waals surface area contributed by atoms with Gasteiger partial charge in [0.25, 0.3) is 5.91 Å². The number of aryl methyl sites for hydroxylation is 1. The lowest BCUT2D eigenvalue weighted by Crippen LogP contribution is -2.38. The van der Waals surface area contributed by atoms with Crippen molar-refractivity contribution in [1.82, 2.24) is 4.90 Å². The Morgan fingerprint density at radius 3 is 2.48 bits per heavy atom. The maximum absolute atomic E-state index is 12.5. The van der Waals surface area contributed by atoms with Crippen molar-refractivity contribution in [3.63, 3.8) is 0 Å². The first-order valence-corrected chi connectivity index (χ1v) is 8.34.